The molecule has 4 heteroatoms. The molecule has 1 aromatic heterocycles. The fourth-order valence-electron chi connectivity index (χ4n) is 2.77. The quantitative estimate of drug-likeness (QED) is 0.868. The van der Waals surface area contributed by atoms with Crippen molar-refractivity contribution in [1.29, 1.82) is 0 Å². The second-order valence-corrected chi connectivity index (χ2v) is 5.63. The molecule has 114 valence electrons. The maximum absolute atomic E-state index is 6.08. The van der Waals surface area contributed by atoms with Gasteiger partial charge < -0.3 is 5.32 Å². The van der Waals surface area contributed by atoms with Gasteiger partial charge in [-0.2, -0.15) is 0 Å². The highest BCUT2D eigenvalue weighted by atomic mass is 16.3. The summed E-state index contributed by atoms with van der Waals surface area (Å²) >= 11 is 0. The predicted octanol–water partition coefficient (Wildman–Crippen LogP) is 1.99. The van der Waals surface area contributed by atoms with Gasteiger partial charge in [0.05, 0.1) is 17.9 Å². The summed E-state index contributed by atoms with van der Waals surface area (Å²) in [6.07, 6.45) is 8.25. The van der Waals surface area contributed by atoms with Crippen LogP contribution in [0.1, 0.15) is 39.1 Å². The van der Waals surface area contributed by atoms with Crippen LogP contribution in [0.4, 0.5) is 0 Å². The number of aliphatic imine (C=N–C) groups is 1. The van der Waals surface area contributed by atoms with Gasteiger partial charge in [-0.15, -0.1) is 0 Å². The fourth-order valence-corrected chi connectivity index (χ4v) is 2.77. The third-order valence-corrected chi connectivity index (χ3v) is 3.89. The molecule has 3 rings (SSSR count). The van der Waals surface area contributed by atoms with Crippen molar-refractivity contribution >= 4 is 30.0 Å². The first-order valence-electron chi connectivity index (χ1n) is 7.88. The smallest absolute Gasteiger partial charge is 0.381 e. The van der Waals surface area contributed by atoms with Gasteiger partial charge in [0.2, 0.25) is 0 Å². The zero-order valence-corrected chi connectivity index (χ0v) is 13.6. The van der Waals surface area contributed by atoms with E-state index in [4.69, 9.17) is 9.40 Å². The van der Waals surface area contributed by atoms with Crippen molar-refractivity contribution in [2.45, 2.75) is 27.7 Å². The molecular formula is C18H22N3O+. The Morgan fingerprint density at radius 1 is 1.27 bits per heavy atom. The molecule has 0 radical (unpaired) electrons. The minimum absolute atomic E-state index is 0.322. The molecule has 0 amide bonds. The molecule has 0 saturated heterocycles. The lowest BCUT2D eigenvalue weighted by Crippen LogP contribution is -2.29. The van der Waals surface area contributed by atoms with Crippen LogP contribution in [0.2, 0.25) is 0 Å². The van der Waals surface area contributed by atoms with Gasteiger partial charge in [-0.05, 0) is 38.5 Å². The van der Waals surface area contributed by atoms with Crippen molar-refractivity contribution in [1.82, 2.24) is 10.3 Å². The first kappa shape index (κ1) is 14.7. The molecule has 1 unspecified atom stereocenters. The molecule has 0 fully saturated rings. The van der Waals surface area contributed by atoms with E-state index < -0.39 is 0 Å². The first-order valence-corrected chi connectivity index (χ1v) is 7.88. The van der Waals surface area contributed by atoms with Crippen molar-refractivity contribution < 1.29 is 4.42 Å². The third-order valence-electron chi connectivity index (χ3n) is 3.89. The summed E-state index contributed by atoms with van der Waals surface area (Å²) < 4.78 is 6.08. The Morgan fingerprint density at radius 3 is 2.82 bits per heavy atom. The van der Waals surface area contributed by atoms with Gasteiger partial charge in [-0.1, -0.05) is 6.92 Å². The van der Waals surface area contributed by atoms with Gasteiger partial charge >= 0.3 is 11.2 Å². The van der Waals surface area contributed by atoms with E-state index >= 15 is 0 Å². The second-order valence-electron chi connectivity index (χ2n) is 5.63. The molecule has 1 aromatic rings. The minimum Gasteiger partial charge on any atom is -0.388 e. The number of rotatable bonds is 3. The lowest BCUT2D eigenvalue weighted by molar-refractivity contribution is 0.485. The van der Waals surface area contributed by atoms with Crippen molar-refractivity contribution in [3.05, 3.63) is 33.5 Å². The molecule has 2 aliphatic carbocycles. The number of allylic oxidation sites excluding steroid dienone is 2. The number of hydrogen-bond acceptors (Lipinski definition) is 3. The number of fused-ring (bicyclic) bond motifs is 2. The van der Waals surface area contributed by atoms with E-state index in [0.717, 1.165) is 46.6 Å². The molecule has 0 bridgehead atoms. The largest absolute Gasteiger partial charge is 0.388 e. The molecule has 1 atom stereocenters. The molecule has 1 heterocycles. The first-order chi connectivity index (χ1) is 10.6. The van der Waals surface area contributed by atoms with Crippen molar-refractivity contribution in [3.8, 4) is 0 Å². The molecule has 0 saturated carbocycles. The van der Waals surface area contributed by atoms with Gasteiger partial charge in [-0.25, -0.2) is 9.40 Å². The Kier molecular flexibility index (Phi) is 3.92. The number of nitrogens with zero attached hydrogens (tertiary/aromatic N) is 2. The standard InChI is InChI=1S/C18H22N3O/c1-5-19-13-9-17-15(7-11(13)3)21-16-8-12(4)14(20-6-2)10-18(16)22-17/h7-11,19H,5-6H2,1-4H3/q+1/b20-14-. The summed E-state index contributed by atoms with van der Waals surface area (Å²) in [5.74, 6) is 1.14. The summed E-state index contributed by atoms with van der Waals surface area (Å²) in [5.41, 5.74) is 4.95. The van der Waals surface area contributed by atoms with E-state index in [0.29, 0.717) is 5.92 Å². The third kappa shape index (κ3) is 2.61. The van der Waals surface area contributed by atoms with E-state index in [1.807, 2.05) is 13.0 Å². The van der Waals surface area contributed by atoms with Crippen LogP contribution < -0.4 is 16.1 Å². The van der Waals surface area contributed by atoms with E-state index in [1.54, 1.807) is 0 Å². The van der Waals surface area contributed by atoms with Crippen LogP contribution in [0, 0.1) is 5.92 Å². The lowest BCUT2D eigenvalue weighted by atomic mass is 10.0. The maximum atomic E-state index is 6.08. The highest BCUT2D eigenvalue weighted by Gasteiger charge is 2.24. The van der Waals surface area contributed by atoms with Crippen molar-refractivity contribution in [3.63, 3.8) is 0 Å². The van der Waals surface area contributed by atoms with Crippen LogP contribution in [-0.2, 0) is 0 Å². The number of nitrogens with one attached hydrogen (secondary N) is 1. The van der Waals surface area contributed by atoms with Gasteiger partial charge in [0.1, 0.15) is 0 Å². The Labute approximate surface area is 130 Å². The Balaban J connectivity index is 2.16. The number of aromatic nitrogens is 1. The van der Waals surface area contributed by atoms with E-state index in [1.165, 1.54) is 5.70 Å². The number of hydrogen-bond donors (Lipinski definition) is 1. The topological polar surface area (TPSA) is 48.6 Å². The normalized spacial score (nSPS) is 21.1. The molecule has 0 aromatic carbocycles. The van der Waals surface area contributed by atoms with Gasteiger partial charge in [0.15, 0.2) is 11.0 Å². The highest BCUT2D eigenvalue weighted by Crippen LogP contribution is 2.17. The molecule has 2 aliphatic rings. The lowest BCUT2D eigenvalue weighted by Gasteiger charge is -2.15. The van der Waals surface area contributed by atoms with Gasteiger partial charge in [0, 0.05) is 24.7 Å². The zero-order valence-electron chi connectivity index (χ0n) is 13.6. The van der Waals surface area contributed by atoms with Crippen molar-refractivity contribution in [2.24, 2.45) is 10.9 Å². The summed E-state index contributed by atoms with van der Waals surface area (Å²) in [6.45, 7) is 10.0. The summed E-state index contributed by atoms with van der Waals surface area (Å²) in [4.78, 5) is 9.26. The average Bonchev–Trinajstić information content (AvgIpc) is 2.48. The molecule has 4 nitrogen and oxygen atoms in total. The van der Waals surface area contributed by atoms with Crippen LogP contribution >= 0.6 is 0 Å². The minimum atomic E-state index is 0.322. The van der Waals surface area contributed by atoms with Crippen LogP contribution in [-0.4, -0.2) is 23.8 Å². The van der Waals surface area contributed by atoms with Crippen LogP contribution in [0.15, 0.2) is 20.7 Å². The Bertz CT molecular complexity index is 815. The van der Waals surface area contributed by atoms with Crippen LogP contribution in [0.5, 0.6) is 0 Å². The Hall–Kier alpha value is -2.23. The van der Waals surface area contributed by atoms with Gasteiger partial charge in [0.25, 0.3) is 0 Å². The maximum Gasteiger partial charge on any atom is 0.381 e. The monoisotopic (exact) mass is 296 g/mol. The molecule has 22 heavy (non-hydrogen) atoms. The second kappa shape index (κ2) is 5.87. The molecular weight excluding hydrogens is 274 g/mol. The van der Waals surface area contributed by atoms with Crippen LogP contribution in [0.25, 0.3) is 24.3 Å². The summed E-state index contributed by atoms with van der Waals surface area (Å²) in [6, 6.07) is 0. The molecule has 0 aliphatic heterocycles. The summed E-state index contributed by atoms with van der Waals surface area (Å²) in [7, 11) is 0. The molecule has 0 spiro atoms. The van der Waals surface area contributed by atoms with Crippen molar-refractivity contribution in [2.75, 3.05) is 13.1 Å². The predicted molar refractivity (Wildman–Crippen MR) is 91.5 cm³/mol. The van der Waals surface area contributed by atoms with E-state index in [2.05, 4.69) is 49.3 Å². The van der Waals surface area contributed by atoms with E-state index in [9.17, 15) is 0 Å². The van der Waals surface area contributed by atoms with Gasteiger partial charge in [-0.3, -0.25) is 4.99 Å². The Morgan fingerprint density at radius 2 is 2.09 bits per heavy atom. The van der Waals surface area contributed by atoms with E-state index in [-0.39, 0.29) is 0 Å². The molecule has 1 N–H and O–H groups in total. The fraction of sp³-hybridized carbons (Fsp3) is 0.389. The van der Waals surface area contributed by atoms with Crippen LogP contribution in [0.3, 0.4) is 0 Å². The zero-order chi connectivity index (χ0) is 15.7. The summed E-state index contributed by atoms with van der Waals surface area (Å²) in [5, 5.41) is 4.31. The average molecular weight is 296 g/mol. The SMILES string of the molecule is CC/N=C1/C=c2[o+]c3c(nc2C=C1C)=CC(C)C(NCC)=C3. The highest BCUT2D eigenvalue weighted by molar-refractivity contribution is 6.23.